The molecule has 0 bridgehead atoms. The maximum atomic E-state index is 13.4. The van der Waals surface area contributed by atoms with E-state index in [0.717, 1.165) is 17.7 Å². The van der Waals surface area contributed by atoms with Crippen molar-refractivity contribution in [1.82, 2.24) is 9.80 Å². The molecule has 0 spiro atoms. The number of ether oxygens (including phenoxy) is 1. The van der Waals surface area contributed by atoms with Crippen LogP contribution in [0, 0.1) is 0 Å². The number of fused-ring (bicyclic) bond motifs is 1. The van der Waals surface area contributed by atoms with E-state index in [-0.39, 0.29) is 35.9 Å². The zero-order valence-electron chi connectivity index (χ0n) is 17.4. The average molecular weight is 451 g/mol. The molecule has 4 heterocycles. The van der Waals surface area contributed by atoms with Gasteiger partial charge < -0.3 is 14.1 Å². The summed E-state index contributed by atoms with van der Waals surface area (Å²) in [4.78, 5) is 43.1. The van der Waals surface area contributed by atoms with Gasteiger partial charge in [0.2, 0.25) is 0 Å². The highest BCUT2D eigenvalue weighted by molar-refractivity contribution is 7.09. The van der Waals surface area contributed by atoms with Gasteiger partial charge in [0, 0.05) is 17.0 Å². The Kier molecular flexibility index (Phi) is 5.63. The number of hydrogen-bond acceptors (Lipinski definition) is 6. The summed E-state index contributed by atoms with van der Waals surface area (Å²) in [5.41, 5.74) is 0.972. The van der Waals surface area contributed by atoms with E-state index in [2.05, 4.69) is 0 Å². The molecule has 0 aliphatic carbocycles. The Morgan fingerprint density at radius 1 is 1.09 bits per heavy atom. The monoisotopic (exact) mass is 450 g/mol. The second-order valence-electron chi connectivity index (χ2n) is 7.94. The minimum atomic E-state index is -0.369. The quantitative estimate of drug-likeness (QED) is 0.509. The van der Waals surface area contributed by atoms with Crippen LogP contribution in [-0.4, -0.2) is 46.8 Å². The van der Waals surface area contributed by atoms with Crippen molar-refractivity contribution in [1.29, 1.82) is 0 Å². The highest BCUT2D eigenvalue weighted by Gasteiger charge is 2.38. The minimum absolute atomic E-state index is 0.118. The van der Waals surface area contributed by atoms with Crippen molar-refractivity contribution in [3.8, 4) is 0 Å². The van der Waals surface area contributed by atoms with E-state index in [1.54, 1.807) is 40.7 Å². The topological polar surface area (TPSA) is 80.1 Å². The smallest absolute Gasteiger partial charge is 0.261 e. The van der Waals surface area contributed by atoms with Crippen molar-refractivity contribution >= 4 is 29.1 Å². The van der Waals surface area contributed by atoms with E-state index >= 15 is 0 Å². The highest BCUT2D eigenvalue weighted by atomic mass is 32.1. The van der Waals surface area contributed by atoms with E-state index in [4.69, 9.17) is 9.15 Å². The molecule has 2 aromatic heterocycles. The summed E-state index contributed by atoms with van der Waals surface area (Å²) >= 11 is 1.57. The van der Waals surface area contributed by atoms with Gasteiger partial charge in [-0.1, -0.05) is 6.07 Å². The third-order valence-electron chi connectivity index (χ3n) is 5.77. The third kappa shape index (κ3) is 3.99. The Balaban J connectivity index is 1.39. The molecule has 2 aliphatic heterocycles. The number of amides is 3. The lowest BCUT2D eigenvalue weighted by Gasteiger charge is -2.21. The first-order valence-electron chi connectivity index (χ1n) is 10.6. The van der Waals surface area contributed by atoms with Crippen molar-refractivity contribution in [2.75, 3.05) is 13.2 Å². The highest BCUT2D eigenvalue weighted by Crippen LogP contribution is 2.27. The molecule has 1 aromatic carbocycles. The van der Waals surface area contributed by atoms with E-state index in [0.29, 0.717) is 36.6 Å². The van der Waals surface area contributed by atoms with Crippen molar-refractivity contribution in [2.24, 2.45) is 0 Å². The van der Waals surface area contributed by atoms with Gasteiger partial charge in [0.05, 0.1) is 43.1 Å². The Morgan fingerprint density at radius 3 is 2.69 bits per heavy atom. The Morgan fingerprint density at radius 2 is 1.97 bits per heavy atom. The molecule has 164 valence electrons. The lowest BCUT2D eigenvalue weighted by Crippen LogP contribution is -2.36. The zero-order valence-corrected chi connectivity index (χ0v) is 18.2. The molecular formula is C24H22N2O5S. The molecule has 1 unspecified atom stereocenters. The number of carbonyl (C=O) groups is 3. The Bertz CT molecular complexity index is 1100. The fourth-order valence-corrected chi connectivity index (χ4v) is 4.86. The number of furan rings is 1. The van der Waals surface area contributed by atoms with Gasteiger partial charge in [-0.05, 0) is 54.6 Å². The van der Waals surface area contributed by atoms with Crippen molar-refractivity contribution in [3.63, 3.8) is 0 Å². The molecule has 2 aliphatic rings. The molecule has 7 nitrogen and oxygen atoms in total. The summed E-state index contributed by atoms with van der Waals surface area (Å²) < 4.78 is 11.0. The van der Waals surface area contributed by atoms with Crippen molar-refractivity contribution in [3.05, 3.63) is 81.4 Å². The molecule has 1 fully saturated rings. The lowest BCUT2D eigenvalue weighted by atomic mass is 10.0. The van der Waals surface area contributed by atoms with Crippen LogP contribution in [0.1, 0.15) is 54.6 Å². The van der Waals surface area contributed by atoms with Gasteiger partial charge in [0.15, 0.2) is 0 Å². The summed E-state index contributed by atoms with van der Waals surface area (Å²) in [5, 5.41) is 1.97. The summed E-state index contributed by atoms with van der Waals surface area (Å²) in [6, 6.07) is 12.3. The number of rotatable bonds is 7. The summed E-state index contributed by atoms with van der Waals surface area (Å²) in [5.74, 6) is -0.253. The molecule has 1 saturated heterocycles. The van der Waals surface area contributed by atoms with Crippen LogP contribution < -0.4 is 0 Å². The molecule has 0 radical (unpaired) electrons. The van der Waals surface area contributed by atoms with Crippen LogP contribution >= 0.6 is 11.3 Å². The largest absolute Gasteiger partial charge is 0.467 e. The van der Waals surface area contributed by atoms with E-state index < -0.39 is 0 Å². The number of carbonyl (C=O) groups excluding carboxylic acids is 3. The molecule has 1 atom stereocenters. The van der Waals surface area contributed by atoms with Crippen molar-refractivity contribution in [2.45, 2.75) is 32.0 Å². The minimum Gasteiger partial charge on any atom is -0.467 e. The van der Waals surface area contributed by atoms with Gasteiger partial charge in [-0.25, -0.2) is 0 Å². The predicted octanol–water partition coefficient (Wildman–Crippen LogP) is 3.96. The van der Waals surface area contributed by atoms with E-state index in [9.17, 15) is 14.4 Å². The van der Waals surface area contributed by atoms with Gasteiger partial charge >= 0.3 is 0 Å². The fraction of sp³-hybridized carbons (Fsp3) is 0.292. The molecule has 0 N–H and O–H groups in total. The maximum Gasteiger partial charge on any atom is 0.261 e. The standard InChI is InChI=1S/C24H22N2O5S/c27-22(25(13-17-4-1-9-30-17)15-19-6-3-11-32-19)16-7-8-20-21(12-16)24(29)26(23(20)28)14-18-5-2-10-31-18/h1,3-4,6-9,11-12,18H,2,5,10,13-15H2. The first kappa shape index (κ1) is 20.7. The first-order valence-corrected chi connectivity index (χ1v) is 11.4. The number of nitrogens with zero attached hydrogens (tertiary/aromatic N) is 2. The second kappa shape index (κ2) is 8.72. The van der Waals surface area contributed by atoms with Gasteiger partial charge in [-0.2, -0.15) is 0 Å². The van der Waals surface area contributed by atoms with Crippen LogP contribution in [0.15, 0.2) is 58.5 Å². The fourth-order valence-electron chi connectivity index (χ4n) is 4.14. The van der Waals surface area contributed by atoms with Gasteiger partial charge in [0.25, 0.3) is 17.7 Å². The molecule has 3 amide bonds. The summed E-state index contributed by atoms with van der Waals surface area (Å²) in [6.45, 7) is 1.63. The molecular weight excluding hydrogens is 428 g/mol. The predicted molar refractivity (Wildman–Crippen MR) is 117 cm³/mol. The van der Waals surface area contributed by atoms with Crippen LogP contribution in [0.25, 0.3) is 0 Å². The number of benzene rings is 1. The van der Waals surface area contributed by atoms with Crippen LogP contribution in [0.5, 0.6) is 0 Å². The van der Waals surface area contributed by atoms with Crippen LogP contribution in [0.4, 0.5) is 0 Å². The average Bonchev–Trinajstić information content (AvgIpc) is 3.61. The second-order valence-corrected chi connectivity index (χ2v) is 8.97. The number of thiophene rings is 1. The van der Waals surface area contributed by atoms with Gasteiger partial charge in [0.1, 0.15) is 5.76 Å². The number of hydrogen-bond donors (Lipinski definition) is 0. The normalized spacial score (nSPS) is 17.8. The Hall–Kier alpha value is -3.23. The first-order chi connectivity index (χ1) is 15.6. The SMILES string of the molecule is O=C(c1ccc2c(c1)C(=O)N(CC1CCCO1)C2=O)N(Cc1ccco1)Cc1cccs1. The molecule has 0 saturated carbocycles. The molecule has 32 heavy (non-hydrogen) atoms. The molecule has 8 heteroatoms. The van der Waals surface area contributed by atoms with Crippen LogP contribution in [0.3, 0.4) is 0 Å². The van der Waals surface area contributed by atoms with E-state index in [1.807, 2.05) is 23.6 Å². The van der Waals surface area contributed by atoms with Gasteiger partial charge in [-0.15, -0.1) is 11.3 Å². The van der Waals surface area contributed by atoms with E-state index in [1.165, 1.54) is 11.0 Å². The number of imide groups is 1. The maximum absolute atomic E-state index is 13.4. The van der Waals surface area contributed by atoms with Crippen LogP contribution in [-0.2, 0) is 17.8 Å². The summed E-state index contributed by atoms with van der Waals surface area (Å²) in [7, 11) is 0. The zero-order chi connectivity index (χ0) is 22.1. The van der Waals surface area contributed by atoms with Crippen molar-refractivity contribution < 1.29 is 23.5 Å². The molecule has 5 rings (SSSR count). The van der Waals surface area contributed by atoms with Gasteiger partial charge in [-0.3, -0.25) is 19.3 Å². The third-order valence-corrected chi connectivity index (χ3v) is 6.63. The summed E-state index contributed by atoms with van der Waals surface area (Å²) in [6.07, 6.45) is 3.22. The molecule has 3 aromatic rings. The Labute approximate surface area is 189 Å². The van der Waals surface area contributed by atoms with Crippen LogP contribution in [0.2, 0.25) is 0 Å². The lowest BCUT2D eigenvalue weighted by molar-refractivity contribution is 0.0475.